The summed E-state index contributed by atoms with van der Waals surface area (Å²) in [6, 6.07) is 4.10. The van der Waals surface area contributed by atoms with Crippen molar-refractivity contribution < 1.29 is 4.79 Å². The van der Waals surface area contributed by atoms with Gasteiger partial charge in [0, 0.05) is 4.88 Å². The maximum absolute atomic E-state index is 12.3. The molecule has 0 radical (unpaired) electrons. The lowest BCUT2D eigenvalue weighted by Gasteiger charge is -2.36. The molecule has 1 amide bonds. The number of hydrogen-bond acceptors (Lipinski definition) is 3. The van der Waals surface area contributed by atoms with E-state index in [2.05, 4.69) is 12.2 Å². The fourth-order valence-electron chi connectivity index (χ4n) is 2.75. The highest BCUT2D eigenvalue weighted by Gasteiger charge is 2.38. The van der Waals surface area contributed by atoms with Gasteiger partial charge in [-0.1, -0.05) is 25.8 Å². The van der Waals surface area contributed by atoms with Crippen molar-refractivity contribution in [3.05, 3.63) is 22.4 Å². The number of carbonyl (C=O) groups is 1. The van der Waals surface area contributed by atoms with Crippen molar-refractivity contribution in [1.82, 2.24) is 5.32 Å². The normalized spacial score (nSPS) is 29.8. The van der Waals surface area contributed by atoms with Gasteiger partial charge in [-0.05, 0) is 37.1 Å². The summed E-state index contributed by atoms with van der Waals surface area (Å²) in [4.78, 5) is 13.5. The number of nitrogens with two attached hydrogens (primary N) is 1. The second-order valence-electron chi connectivity index (χ2n) is 5.57. The van der Waals surface area contributed by atoms with Gasteiger partial charge in [0.2, 0.25) is 5.91 Å². The van der Waals surface area contributed by atoms with Gasteiger partial charge in [0.1, 0.15) is 0 Å². The molecule has 100 valence electrons. The van der Waals surface area contributed by atoms with Gasteiger partial charge in [-0.3, -0.25) is 4.79 Å². The number of rotatable bonds is 3. The highest BCUT2D eigenvalue weighted by atomic mass is 32.1. The van der Waals surface area contributed by atoms with Crippen LogP contribution in [0.3, 0.4) is 0 Å². The van der Waals surface area contributed by atoms with Gasteiger partial charge >= 0.3 is 0 Å². The highest BCUT2D eigenvalue weighted by molar-refractivity contribution is 7.10. The molecule has 3 N–H and O–H groups in total. The molecule has 18 heavy (non-hydrogen) atoms. The Balaban J connectivity index is 1.98. The third kappa shape index (κ3) is 2.93. The summed E-state index contributed by atoms with van der Waals surface area (Å²) < 4.78 is 0. The molecule has 4 heteroatoms. The lowest BCUT2D eigenvalue weighted by atomic mass is 9.76. The van der Waals surface area contributed by atoms with E-state index in [-0.39, 0.29) is 11.9 Å². The molecule has 1 aliphatic carbocycles. The zero-order valence-corrected chi connectivity index (χ0v) is 11.9. The molecule has 2 unspecified atom stereocenters. The monoisotopic (exact) mass is 266 g/mol. The summed E-state index contributed by atoms with van der Waals surface area (Å²) >= 11 is 1.66. The third-order valence-electron chi connectivity index (χ3n) is 3.80. The molecule has 2 rings (SSSR count). The lowest BCUT2D eigenvalue weighted by Crippen LogP contribution is -2.56. The van der Waals surface area contributed by atoms with Crippen LogP contribution < -0.4 is 11.1 Å². The van der Waals surface area contributed by atoms with Crippen LogP contribution >= 0.6 is 11.3 Å². The Labute approximate surface area is 113 Å². The fourth-order valence-corrected chi connectivity index (χ4v) is 3.48. The average molecular weight is 266 g/mol. The minimum atomic E-state index is -0.664. The second kappa shape index (κ2) is 5.41. The number of nitrogens with one attached hydrogen (secondary N) is 1. The SMILES string of the molecule is CC1CCCC(N)(C(=O)N[C@@H](C)c2cccs2)C1. The molecule has 0 aromatic carbocycles. The lowest BCUT2D eigenvalue weighted by molar-refractivity contribution is -0.128. The van der Waals surface area contributed by atoms with E-state index in [1.54, 1.807) is 11.3 Å². The molecule has 1 aromatic heterocycles. The van der Waals surface area contributed by atoms with Crippen molar-refractivity contribution in [1.29, 1.82) is 0 Å². The van der Waals surface area contributed by atoms with Crippen LogP contribution in [0, 0.1) is 5.92 Å². The van der Waals surface area contributed by atoms with Crippen molar-refractivity contribution in [3.8, 4) is 0 Å². The second-order valence-corrected chi connectivity index (χ2v) is 6.55. The van der Waals surface area contributed by atoms with Crippen molar-refractivity contribution in [2.24, 2.45) is 11.7 Å². The molecule has 0 spiro atoms. The minimum absolute atomic E-state index is 0.00921. The first-order chi connectivity index (χ1) is 8.51. The van der Waals surface area contributed by atoms with Crippen molar-refractivity contribution in [2.45, 2.75) is 51.1 Å². The van der Waals surface area contributed by atoms with Gasteiger partial charge in [0.15, 0.2) is 0 Å². The summed E-state index contributed by atoms with van der Waals surface area (Å²) in [5.74, 6) is 0.557. The molecule has 3 atom stereocenters. The Kier molecular flexibility index (Phi) is 4.07. The third-order valence-corrected chi connectivity index (χ3v) is 4.86. The predicted octanol–water partition coefficient (Wildman–Crippen LogP) is 2.83. The predicted molar refractivity (Wildman–Crippen MR) is 75.4 cm³/mol. The van der Waals surface area contributed by atoms with E-state index < -0.39 is 5.54 Å². The van der Waals surface area contributed by atoms with Crippen LogP contribution in [0.5, 0.6) is 0 Å². The van der Waals surface area contributed by atoms with E-state index in [0.29, 0.717) is 5.92 Å². The minimum Gasteiger partial charge on any atom is -0.347 e. The van der Waals surface area contributed by atoms with E-state index in [0.717, 1.165) is 19.3 Å². The number of hydrogen-bond donors (Lipinski definition) is 2. The smallest absolute Gasteiger partial charge is 0.240 e. The summed E-state index contributed by atoms with van der Waals surface area (Å²) in [7, 11) is 0. The quantitative estimate of drug-likeness (QED) is 0.884. The van der Waals surface area contributed by atoms with Crippen molar-refractivity contribution >= 4 is 17.2 Å². The van der Waals surface area contributed by atoms with Crippen LogP contribution in [0.1, 0.15) is 50.4 Å². The number of thiophene rings is 1. The van der Waals surface area contributed by atoms with Gasteiger partial charge < -0.3 is 11.1 Å². The van der Waals surface area contributed by atoms with Crippen LogP contribution in [-0.2, 0) is 4.79 Å². The Morgan fingerprint density at radius 1 is 1.67 bits per heavy atom. The standard InChI is InChI=1S/C14H22N2OS/c1-10-5-3-7-14(15,9-10)13(17)16-11(2)12-6-4-8-18-12/h4,6,8,10-11H,3,5,7,9,15H2,1-2H3,(H,16,17)/t10?,11-,14?/m0/s1. The van der Waals surface area contributed by atoms with Gasteiger partial charge in [-0.2, -0.15) is 0 Å². The molecule has 1 saturated carbocycles. The van der Waals surface area contributed by atoms with Gasteiger partial charge in [-0.25, -0.2) is 0 Å². The van der Waals surface area contributed by atoms with E-state index in [1.807, 2.05) is 24.4 Å². The van der Waals surface area contributed by atoms with E-state index in [4.69, 9.17) is 5.73 Å². The summed E-state index contributed by atoms with van der Waals surface area (Å²) in [6.45, 7) is 4.19. The molecule has 3 nitrogen and oxygen atoms in total. The Morgan fingerprint density at radius 2 is 2.44 bits per heavy atom. The van der Waals surface area contributed by atoms with E-state index in [9.17, 15) is 4.79 Å². The van der Waals surface area contributed by atoms with Crippen LogP contribution in [0.15, 0.2) is 17.5 Å². The summed E-state index contributed by atoms with van der Waals surface area (Å²) in [6.07, 6.45) is 3.85. The van der Waals surface area contributed by atoms with E-state index >= 15 is 0 Å². The molecular formula is C14H22N2OS. The molecule has 0 bridgehead atoms. The zero-order valence-electron chi connectivity index (χ0n) is 11.1. The molecule has 0 saturated heterocycles. The van der Waals surface area contributed by atoms with Crippen LogP contribution in [-0.4, -0.2) is 11.4 Å². The number of carbonyl (C=O) groups excluding carboxylic acids is 1. The average Bonchev–Trinajstić information content (AvgIpc) is 2.81. The fraction of sp³-hybridized carbons (Fsp3) is 0.643. The largest absolute Gasteiger partial charge is 0.347 e. The zero-order chi connectivity index (χ0) is 13.2. The first-order valence-electron chi connectivity index (χ1n) is 6.64. The van der Waals surface area contributed by atoms with Gasteiger partial charge in [-0.15, -0.1) is 11.3 Å². The first-order valence-corrected chi connectivity index (χ1v) is 7.52. The maximum Gasteiger partial charge on any atom is 0.240 e. The van der Waals surface area contributed by atoms with Crippen LogP contribution in [0.25, 0.3) is 0 Å². The van der Waals surface area contributed by atoms with Gasteiger partial charge in [0.25, 0.3) is 0 Å². The Morgan fingerprint density at radius 3 is 3.06 bits per heavy atom. The maximum atomic E-state index is 12.3. The number of amides is 1. The Hall–Kier alpha value is -0.870. The van der Waals surface area contributed by atoms with E-state index in [1.165, 1.54) is 11.3 Å². The molecule has 0 aliphatic heterocycles. The van der Waals surface area contributed by atoms with Crippen molar-refractivity contribution in [3.63, 3.8) is 0 Å². The molecule has 1 heterocycles. The van der Waals surface area contributed by atoms with Crippen LogP contribution in [0.2, 0.25) is 0 Å². The van der Waals surface area contributed by atoms with Crippen LogP contribution in [0.4, 0.5) is 0 Å². The summed E-state index contributed by atoms with van der Waals surface area (Å²) in [5.41, 5.74) is 5.62. The molecule has 1 aromatic rings. The molecule has 1 fully saturated rings. The topological polar surface area (TPSA) is 55.1 Å². The summed E-state index contributed by atoms with van der Waals surface area (Å²) in [5, 5.41) is 5.09. The molecular weight excluding hydrogens is 244 g/mol. The molecule has 1 aliphatic rings. The highest BCUT2D eigenvalue weighted by Crippen LogP contribution is 2.31. The van der Waals surface area contributed by atoms with Gasteiger partial charge in [0.05, 0.1) is 11.6 Å². The van der Waals surface area contributed by atoms with Crippen molar-refractivity contribution in [2.75, 3.05) is 0 Å². The Bertz CT molecular complexity index is 404. The first kappa shape index (κ1) is 13.6.